The summed E-state index contributed by atoms with van der Waals surface area (Å²) < 4.78 is 18.8. The second-order valence-electron chi connectivity index (χ2n) is 4.83. The molecule has 2 rings (SSSR count). The van der Waals surface area contributed by atoms with Gasteiger partial charge in [-0.15, -0.1) is 0 Å². The zero-order valence-corrected chi connectivity index (χ0v) is 12.0. The molecule has 110 valence electrons. The van der Waals surface area contributed by atoms with Gasteiger partial charge in [0.25, 0.3) is 5.91 Å². The summed E-state index contributed by atoms with van der Waals surface area (Å²) in [6.45, 7) is 3.49. The number of carbonyl (C=O) groups excluding carboxylic acids is 1. The van der Waals surface area contributed by atoms with E-state index in [0.717, 1.165) is 5.56 Å². The molecule has 2 aromatic carbocycles. The van der Waals surface area contributed by atoms with Crippen molar-refractivity contribution in [1.82, 2.24) is 5.32 Å². The summed E-state index contributed by atoms with van der Waals surface area (Å²) >= 11 is 0. The van der Waals surface area contributed by atoms with Crippen LogP contribution >= 0.6 is 0 Å². The molecule has 0 aliphatic carbocycles. The minimum atomic E-state index is -0.770. The van der Waals surface area contributed by atoms with Crippen LogP contribution in [0, 0.1) is 5.82 Å². The molecule has 3 nitrogen and oxygen atoms in total. The van der Waals surface area contributed by atoms with Gasteiger partial charge in [-0.25, -0.2) is 4.39 Å². The van der Waals surface area contributed by atoms with Crippen LogP contribution in [-0.2, 0) is 4.79 Å². The molecule has 0 aliphatic heterocycles. The highest BCUT2D eigenvalue weighted by atomic mass is 19.1. The van der Waals surface area contributed by atoms with Gasteiger partial charge in [0, 0.05) is 0 Å². The molecular weight excluding hydrogens is 269 g/mol. The van der Waals surface area contributed by atoms with Crippen LogP contribution in [0.3, 0.4) is 0 Å². The van der Waals surface area contributed by atoms with Crippen LogP contribution in [-0.4, -0.2) is 12.0 Å². The van der Waals surface area contributed by atoms with Crippen molar-refractivity contribution in [2.75, 3.05) is 0 Å². The predicted molar refractivity (Wildman–Crippen MR) is 79.5 cm³/mol. The summed E-state index contributed by atoms with van der Waals surface area (Å²) in [4.78, 5) is 12.1. The van der Waals surface area contributed by atoms with Crippen molar-refractivity contribution in [3.05, 3.63) is 66.0 Å². The Hall–Kier alpha value is -2.36. The molecule has 0 saturated heterocycles. The molecule has 2 atom stereocenters. The molecule has 2 aromatic rings. The summed E-state index contributed by atoms with van der Waals surface area (Å²) in [6, 6.07) is 15.5. The Kier molecular flexibility index (Phi) is 4.93. The Labute approximate surface area is 123 Å². The quantitative estimate of drug-likeness (QED) is 0.914. The molecule has 4 heteroatoms. The first kappa shape index (κ1) is 15.0. The van der Waals surface area contributed by atoms with E-state index >= 15 is 0 Å². The van der Waals surface area contributed by atoms with Crippen LogP contribution in [0.1, 0.15) is 25.5 Å². The normalized spacial score (nSPS) is 13.3. The molecule has 0 fully saturated rings. The van der Waals surface area contributed by atoms with Gasteiger partial charge in [0.15, 0.2) is 17.7 Å². The fourth-order valence-electron chi connectivity index (χ4n) is 1.94. The number of benzene rings is 2. The lowest BCUT2D eigenvalue weighted by Gasteiger charge is -2.19. The molecule has 1 amide bonds. The van der Waals surface area contributed by atoms with E-state index in [2.05, 4.69) is 5.32 Å². The second-order valence-corrected chi connectivity index (χ2v) is 4.83. The minimum absolute atomic E-state index is 0.0764. The Bertz CT molecular complexity index is 601. The summed E-state index contributed by atoms with van der Waals surface area (Å²) in [7, 11) is 0. The summed E-state index contributed by atoms with van der Waals surface area (Å²) in [5, 5.41) is 2.85. The van der Waals surface area contributed by atoms with Crippen molar-refractivity contribution in [1.29, 1.82) is 0 Å². The van der Waals surface area contributed by atoms with Crippen molar-refractivity contribution in [2.45, 2.75) is 26.0 Å². The van der Waals surface area contributed by atoms with E-state index in [-0.39, 0.29) is 17.7 Å². The number of amides is 1. The van der Waals surface area contributed by atoms with Gasteiger partial charge >= 0.3 is 0 Å². The van der Waals surface area contributed by atoms with Crippen LogP contribution in [0.5, 0.6) is 5.75 Å². The third kappa shape index (κ3) is 4.05. The lowest BCUT2D eigenvalue weighted by Crippen LogP contribution is -2.37. The maximum Gasteiger partial charge on any atom is 0.261 e. The highest BCUT2D eigenvalue weighted by Crippen LogP contribution is 2.17. The van der Waals surface area contributed by atoms with Crippen molar-refractivity contribution in [2.24, 2.45) is 0 Å². The molecule has 0 bridgehead atoms. The van der Waals surface area contributed by atoms with E-state index in [4.69, 9.17) is 4.74 Å². The largest absolute Gasteiger partial charge is 0.478 e. The van der Waals surface area contributed by atoms with Crippen molar-refractivity contribution in [3.63, 3.8) is 0 Å². The molecule has 0 aromatic heterocycles. The second kappa shape index (κ2) is 6.88. The van der Waals surface area contributed by atoms with Crippen LogP contribution < -0.4 is 10.1 Å². The van der Waals surface area contributed by atoms with E-state index in [9.17, 15) is 9.18 Å². The lowest BCUT2D eigenvalue weighted by molar-refractivity contribution is -0.128. The van der Waals surface area contributed by atoms with Crippen LogP contribution in [0.15, 0.2) is 54.6 Å². The van der Waals surface area contributed by atoms with Crippen LogP contribution in [0.25, 0.3) is 0 Å². The standard InChI is InChI=1S/C17H18FNO2/c1-12(14-8-4-3-5-9-14)19-17(20)13(2)21-16-11-7-6-10-15(16)18/h3-13H,1-2H3,(H,19,20). The Balaban J connectivity index is 1.95. The van der Waals surface area contributed by atoms with Gasteiger partial charge in [0.2, 0.25) is 0 Å². The first-order valence-electron chi connectivity index (χ1n) is 6.84. The number of halogens is 1. The third-order valence-corrected chi connectivity index (χ3v) is 3.17. The maximum absolute atomic E-state index is 13.5. The predicted octanol–water partition coefficient (Wildman–Crippen LogP) is 3.47. The highest BCUT2D eigenvalue weighted by molar-refractivity contribution is 5.81. The van der Waals surface area contributed by atoms with Crippen molar-refractivity contribution in [3.8, 4) is 5.75 Å². The van der Waals surface area contributed by atoms with E-state index in [0.29, 0.717) is 0 Å². The molecule has 2 unspecified atom stereocenters. The molecule has 1 N–H and O–H groups in total. The van der Waals surface area contributed by atoms with Gasteiger partial charge in [-0.2, -0.15) is 0 Å². The first-order valence-corrected chi connectivity index (χ1v) is 6.84. The molecule has 0 radical (unpaired) electrons. The fraction of sp³-hybridized carbons (Fsp3) is 0.235. The Morgan fingerprint density at radius 2 is 1.67 bits per heavy atom. The smallest absolute Gasteiger partial charge is 0.261 e. The van der Waals surface area contributed by atoms with E-state index in [1.54, 1.807) is 19.1 Å². The van der Waals surface area contributed by atoms with Crippen molar-refractivity contribution >= 4 is 5.91 Å². The lowest BCUT2D eigenvalue weighted by atomic mass is 10.1. The zero-order valence-electron chi connectivity index (χ0n) is 12.0. The summed E-state index contributed by atoms with van der Waals surface area (Å²) in [5.41, 5.74) is 1.00. The highest BCUT2D eigenvalue weighted by Gasteiger charge is 2.18. The topological polar surface area (TPSA) is 38.3 Å². The molecular formula is C17H18FNO2. The van der Waals surface area contributed by atoms with Gasteiger partial charge in [0.05, 0.1) is 6.04 Å². The third-order valence-electron chi connectivity index (χ3n) is 3.17. The van der Waals surface area contributed by atoms with Gasteiger partial charge in [-0.05, 0) is 31.5 Å². The van der Waals surface area contributed by atoms with E-state index in [1.165, 1.54) is 12.1 Å². The molecule has 21 heavy (non-hydrogen) atoms. The van der Waals surface area contributed by atoms with Crippen molar-refractivity contribution < 1.29 is 13.9 Å². The summed E-state index contributed by atoms with van der Waals surface area (Å²) in [6.07, 6.45) is -0.770. The number of rotatable bonds is 5. The maximum atomic E-state index is 13.5. The van der Waals surface area contributed by atoms with Crippen LogP contribution in [0.4, 0.5) is 4.39 Å². The van der Waals surface area contributed by atoms with Gasteiger partial charge < -0.3 is 10.1 Å². The first-order chi connectivity index (χ1) is 10.1. The Morgan fingerprint density at radius 1 is 1.05 bits per heavy atom. The van der Waals surface area contributed by atoms with E-state index < -0.39 is 11.9 Å². The molecule has 0 aliphatic rings. The molecule has 0 saturated carbocycles. The average molecular weight is 287 g/mol. The van der Waals surface area contributed by atoms with E-state index in [1.807, 2.05) is 37.3 Å². The number of nitrogens with one attached hydrogen (secondary N) is 1. The van der Waals surface area contributed by atoms with Gasteiger partial charge in [-0.3, -0.25) is 4.79 Å². The summed E-state index contributed by atoms with van der Waals surface area (Å²) in [5.74, 6) is -0.685. The number of hydrogen-bond acceptors (Lipinski definition) is 2. The molecule has 0 spiro atoms. The Morgan fingerprint density at radius 3 is 2.33 bits per heavy atom. The minimum Gasteiger partial charge on any atom is -0.478 e. The van der Waals surface area contributed by atoms with Gasteiger partial charge in [0.1, 0.15) is 0 Å². The average Bonchev–Trinajstić information content (AvgIpc) is 2.50. The monoisotopic (exact) mass is 287 g/mol. The fourth-order valence-corrected chi connectivity index (χ4v) is 1.94. The number of carbonyl (C=O) groups is 1. The molecule has 0 heterocycles. The SMILES string of the molecule is CC(Oc1ccccc1F)C(=O)NC(C)c1ccccc1. The van der Waals surface area contributed by atoms with Crippen LogP contribution in [0.2, 0.25) is 0 Å². The number of para-hydroxylation sites is 1. The number of ether oxygens (including phenoxy) is 1. The number of hydrogen-bond donors (Lipinski definition) is 1. The van der Waals surface area contributed by atoms with Gasteiger partial charge in [-0.1, -0.05) is 42.5 Å². The zero-order chi connectivity index (χ0) is 15.2.